The Labute approximate surface area is 79.7 Å². The van der Waals surface area contributed by atoms with Gasteiger partial charge in [-0.3, -0.25) is 14.3 Å². The van der Waals surface area contributed by atoms with E-state index >= 15 is 0 Å². The zero-order valence-electron chi connectivity index (χ0n) is 6.73. The fraction of sp³-hybridized carbons (Fsp3) is 0.333. The highest BCUT2D eigenvalue weighted by atomic mass is 35.5. The molecule has 13 heavy (non-hydrogen) atoms. The summed E-state index contributed by atoms with van der Waals surface area (Å²) in [4.78, 5) is 27.9. The number of nitrogens with two attached hydrogens (primary N) is 1. The number of aromatic nitrogens is 2. The van der Waals surface area contributed by atoms with E-state index in [0.29, 0.717) is 6.54 Å². The first-order valence-corrected chi connectivity index (χ1v) is 3.35. The lowest BCUT2D eigenvalue weighted by molar-refractivity contribution is 0.128. The Balaban J connectivity index is 0.00000144. The van der Waals surface area contributed by atoms with Crippen molar-refractivity contribution in [1.82, 2.24) is 9.55 Å². The predicted molar refractivity (Wildman–Crippen MR) is 48.7 cm³/mol. The summed E-state index contributed by atoms with van der Waals surface area (Å²) in [5.74, 6) is 4.77. The Morgan fingerprint density at radius 2 is 2.23 bits per heavy atom. The Bertz CT molecular complexity index is 359. The number of hydrogen-bond donors (Lipinski definition) is 2. The van der Waals surface area contributed by atoms with Gasteiger partial charge in [0.05, 0.1) is 13.2 Å². The monoisotopic (exact) mass is 207 g/mol. The van der Waals surface area contributed by atoms with Crippen LogP contribution in [-0.2, 0) is 11.4 Å². The molecule has 1 rings (SSSR count). The van der Waals surface area contributed by atoms with Gasteiger partial charge in [0.2, 0.25) is 0 Å². The van der Waals surface area contributed by atoms with Crippen molar-refractivity contribution < 1.29 is 4.84 Å². The molecule has 1 aromatic heterocycles. The Kier molecular flexibility index (Phi) is 5.05. The van der Waals surface area contributed by atoms with Gasteiger partial charge in [-0.1, -0.05) is 0 Å². The van der Waals surface area contributed by atoms with Crippen LogP contribution in [-0.4, -0.2) is 16.2 Å². The third-order valence-corrected chi connectivity index (χ3v) is 1.35. The molecule has 1 heterocycles. The van der Waals surface area contributed by atoms with Crippen LogP contribution in [0, 0.1) is 0 Å². The lowest BCUT2D eigenvalue weighted by Gasteiger charge is -2.01. The SMILES string of the molecule is Cl.NOCCn1ccc(=O)[nH]c1=O. The first-order valence-electron chi connectivity index (χ1n) is 3.35. The molecule has 0 aliphatic rings. The van der Waals surface area contributed by atoms with Gasteiger partial charge in [0.15, 0.2) is 0 Å². The van der Waals surface area contributed by atoms with Crippen molar-refractivity contribution >= 4 is 12.4 Å². The standard InChI is InChI=1S/C6H9N3O3.ClH/c7-12-4-3-9-2-1-5(10)8-6(9)11;/h1-2H,3-4,7H2,(H,8,10,11);1H. The van der Waals surface area contributed by atoms with Crippen LogP contribution in [0.3, 0.4) is 0 Å². The van der Waals surface area contributed by atoms with E-state index in [0.717, 1.165) is 0 Å². The van der Waals surface area contributed by atoms with E-state index in [9.17, 15) is 9.59 Å². The fourth-order valence-electron chi connectivity index (χ4n) is 0.771. The van der Waals surface area contributed by atoms with Crippen LogP contribution >= 0.6 is 12.4 Å². The summed E-state index contributed by atoms with van der Waals surface area (Å²) in [6.45, 7) is 0.554. The van der Waals surface area contributed by atoms with Gasteiger partial charge in [0.1, 0.15) is 0 Å². The average molecular weight is 208 g/mol. The van der Waals surface area contributed by atoms with Gasteiger partial charge >= 0.3 is 5.69 Å². The first-order chi connectivity index (χ1) is 5.74. The van der Waals surface area contributed by atoms with Gasteiger partial charge < -0.3 is 4.84 Å². The van der Waals surface area contributed by atoms with E-state index in [1.165, 1.54) is 16.8 Å². The summed E-state index contributed by atoms with van der Waals surface area (Å²) in [7, 11) is 0. The highest BCUT2D eigenvalue weighted by Gasteiger charge is 1.94. The number of H-pyrrole nitrogens is 1. The van der Waals surface area contributed by atoms with Gasteiger partial charge in [0.25, 0.3) is 5.56 Å². The summed E-state index contributed by atoms with van der Waals surface area (Å²) in [5.41, 5.74) is -0.871. The van der Waals surface area contributed by atoms with Crippen LogP contribution in [0.1, 0.15) is 0 Å². The van der Waals surface area contributed by atoms with Gasteiger partial charge in [-0.25, -0.2) is 10.7 Å². The number of nitrogens with zero attached hydrogens (tertiary/aromatic N) is 1. The third kappa shape index (κ3) is 3.41. The van der Waals surface area contributed by atoms with Crippen molar-refractivity contribution in [3.05, 3.63) is 33.1 Å². The zero-order chi connectivity index (χ0) is 8.97. The number of halogens is 1. The molecule has 0 aliphatic carbocycles. The molecule has 0 bridgehead atoms. The van der Waals surface area contributed by atoms with Crippen LogP contribution in [0.5, 0.6) is 0 Å². The molecule has 0 spiro atoms. The predicted octanol–water partition coefficient (Wildman–Crippen LogP) is -1.15. The van der Waals surface area contributed by atoms with Gasteiger partial charge in [0, 0.05) is 12.3 Å². The summed E-state index contributed by atoms with van der Waals surface area (Å²) in [6.07, 6.45) is 1.39. The van der Waals surface area contributed by atoms with Crippen molar-refractivity contribution in [2.45, 2.75) is 6.54 Å². The second-order valence-corrected chi connectivity index (χ2v) is 2.17. The topological polar surface area (TPSA) is 90.1 Å². The molecule has 0 saturated carbocycles. The Morgan fingerprint density at radius 1 is 1.54 bits per heavy atom. The van der Waals surface area contributed by atoms with E-state index in [1.807, 2.05) is 0 Å². The van der Waals surface area contributed by atoms with Crippen LogP contribution < -0.4 is 17.1 Å². The van der Waals surface area contributed by atoms with Crippen LogP contribution in [0.2, 0.25) is 0 Å². The van der Waals surface area contributed by atoms with Crippen molar-refractivity contribution in [2.75, 3.05) is 6.61 Å². The zero-order valence-corrected chi connectivity index (χ0v) is 7.54. The first kappa shape index (κ1) is 11.9. The molecule has 74 valence electrons. The second kappa shape index (κ2) is 5.52. The van der Waals surface area contributed by atoms with Gasteiger partial charge in [-0.05, 0) is 0 Å². The number of aromatic amines is 1. The summed E-state index contributed by atoms with van der Waals surface area (Å²) >= 11 is 0. The van der Waals surface area contributed by atoms with E-state index in [1.54, 1.807) is 0 Å². The molecular formula is C6H10ClN3O3. The number of rotatable bonds is 3. The molecule has 0 saturated heterocycles. The maximum atomic E-state index is 11.0. The number of nitrogens with one attached hydrogen (secondary N) is 1. The smallest absolute Gasteiger partial charge is 0.303 e. The van der Waals surface area contributed by atoms with Crippen LogP contribution in [0.15, 0.2) is 21.9 Å². The van der Waals surface area contributed by atoms with Crippen molar-refractivity contribution in [3.63, 3.8) is 0 Å². The molecule has 0 aliphatic heterocycles. The molecule has 0 amide bonds. The summed E-state index contributed by atoms with van der Waals surface area (Å²) < 4.78 is 1.30. The van der Waals surface area contributed by atoms with Crippen LogP contribution in [0.25, 0.3) is 0 Å². The molecule has 7 heteroatoms. The minimum atomic E-state index is -0.459. The molecule has 0 atom stereocenters. The van der Waals surface area contributed by atoms with Crippen molar-refractivity contribution in [2.24, 2.45) is 5.90 Å². The van der Waals surface area contributed by atoms with E-state index in [-0.39, 0.29) is 19.0 Å². The molecule has 0 fully saturated rings. The van der Waals surface area contributed by atoms with Crippen molar-refractivity contribution in [1.29, 1.82) is 0 Å². The minimum absolute atomic E-state index is 0. The third-order valence-electron chi connectivity index (χ3n) is 1.35. The minimum Gasteiger partial charge on any atom is -0.303 e. The maximum Gasteiger partial charge on any atom is 0.328 e. The summed E-state index contributed by atoms with van der Waals surface area (Å²) in [5, 5.41) is 0. The number of hydrogen-bond acceptors (Lipinski definition) is 4. The van der Waals surface area contributed by atoms with Gasteiger partial charge in [-0.2, -0.15) is 0 Å². The average Bonchev–Trinajstić information content (AvgIpc) is 2.03. The lowest BCUT2D eigenvalue weighted by atomic mass is 10.6. The fourth-order valence-corrected chi connectivity index (χ4v) is 0.771. The van der Waals surface area contributed by atoms with E-state index in [2.05, 4.69) is 9.82 Å². The van der Waals surface area contributed by atoms with E-state index in [4.69, 9.17) is 5.90 Å². The highest BCUT2D eigenvalue weighted by Crippen LogP contribution is 1.75. The molecule has 3 N–H and O–H groups in total. The molecular weight excluding hydrogens is 198 g/mol. The quantitative estimate of drug-likeness (QED) is 0.613. The molecule has 0 unspecified atom stereocenters. The summed E-state index contributed by atoms with van der Waals surface area (Å²) in [6, 6.07) is 1.26. The van der Waals surface area contributed by atoms with Gasteiger partial charge in [-0.15, -0.1) is 12.4 Å². The Hall–Kier alpha value is -1.11. The maximum absolute atomic E-state index is 11.0. The van der Waals surface area contributed by atoms with Crippen LogP contribution in [0.4, 0.5) is 0 Å². The second-order valence-electron chi connectivity index (χ2n) is 2.17. The van der Waals surface area contributed by atoms with Crippen molar-refractivity contribution in [3.8, 4) is 0 Å². The largest absolute Gasteiger partial charge is 0.328 e. The normalized spacial score (nSPS) is 9.31. The highest BCUT2D eigenvalue weighted by molar-refractivity contribution is 5.85. The molecule has 0 aromatic carbocycles. The lowest BCUT2D eigenvalue weighted by Crippen LogP contribution is -2.30. The molecule has 0 radical (unpaired) electrons. The Morgan fingerprint density at radius 3 is 2.77 bits per heavy atom. The molecule has 6 nitrogen and oxygen atoms in total. The molecule has 1 aromatic rings. The van der Waals surface area contributed by atoms with E-state index < -0.39 is 11.2 Å².